The van der Waals surface area contributed by atoms with Gasteiger partial charge in [-0.05, 0) is 43.8 Å². The lowest BCUT2D eigenvalue weighted by Gasteiger charge is -2.08. The zero-order valence-corrected chi connectivity index (χ0v) is 16.9. The van der Waals surface area contributed by atoms with E-state index in [-0.39, 0.29) is 30.7 Å². The van der Waals surface area contributed by atoms with E-state index >= 15 is 0 Å². The van der Waals surface area contributed by atoms with Gasteiger partial charge >= 0.3 is 0 Å². The highest BCUT2D eigenvalue weighted by Crippen LogP contribution is 2.16. The molecule has 0 fully saturated rings. The second kappa shape index (κ2) is 10.8. The Morgan fingerprint density at radius 3 is 2.74 bits per heavy atom. The van der Waals surface area contributed by atoms with Crippen molar-refractivity contribution in [3.05, 3.63) is 65.6 Å². The first-order chi connectivity index (χ1) is 12.2. The lowest BCUT2D eigenvalue weighted by molar-refractivity contribution is 0.0953. The van der Waals surface area contributed by atoms with Gasteiger partial charge in [0.05, 0.1) is 5.69 Å². The van der Waals surface area contributed by atoms with Gasteiger partial charge in [0.1, 0.15) is 18.0 Å². The Labute approximate surface area is 171 Å². The molecule has 3 rings (SSSR count). The van der Waals surface area contributed by atoms with Crippen LogP contribution in [0.5, 0.6) is 5.75 Å². The Hall–Kier alpha value is -2.28. The first-order valence-electron chi connectivity index (χ1n) is 8.25. The third kappa shape index (κ3) is 6.13. The summed E-state index contributed by atoms with van der Waals surface area (Å²) in [7, 11) is 1.85. The number of halogens is 2. The molecule has 3 aromatic rings. The molecule has 0 bridgehead atoms. The molecule has 1 amide bonds. The fourth-order valence-corrected chi connectivity index (χ4v) is 2.51. The molecular formula is C19H24Cl2N4O2. The zero-order valence-electron chi connectivity index (χ0n) is 15.3. The lowest BCUT2D eigenvalue weighted by Crippen LogP contribution is -2.30. The molecule has 2 heterocycles. The number of hydrogen-bond acceptors (Lipinski definition) is 4. The first-order valence-corrected chi connectivity index (χ1v) is 8.25. The number of hydrogen-bond donors (Lipinski definition) is 2. The first kappa shape index (κ1) is 22.8. The number of amides is 1. The molecule has 0 saturated carbocycles. The summed E-state index contributed by atoms with van der Waals surface area (Å²) in [6.45, 7) is 3.71. The van der Waals surface area contributed by atoms with Crippen molar-refractivity contribution in [3.8, 4) is 5.75 Å². The molecule has 2 N–H and O–H groups in total. The Morgan fingerprint density at radius 2 is 1.96 bits per heavy atom. The van der Waals surface area contributed by atoms with Gasteiger partial charge < -0.3 is 19.8 Å². The molecule has 27 heavy (non-hydrogen) atoms. The predicted molar refractivity (Wildman–Crippen MR) is 111 cm³/mol. The van der Waals surface area contributed by atoms with Crippen molar-refractivity contribution in [1.82, 2.24) is 20.0 Å². The number of fused-ring (bicyclic) bond motifs is 1. The number of rotatable bonds is 7. The summed E-state index contributed by atoms with van der Waals surface area (Å²) in [6, 6.07) is 11.2. The molecule has 0 unspecified atom stereocenters. The van der Waals surface area contributed by atoms with Crippen molar-refractivity contribution >= 4 is 36.4 Å². The zero-order chi connectivity index (χ0) is 17.6. The number of carbonyl (C=O) groups excluding carboxylic acids is 1. The standard InChI is InChI=1S/C19H22N4O2.2ClH/c1-14-6-7-18-22-16(12-23(18)11-14)13-25-17-5-3-4-15(10-17)19(24)21-9-8-20-2;;/h3-7,10-12,20H,8-9,13H2,1-2H3,(H,21,24);2*1H. The van der Waals surface area contributed by atoms with E-state index in [2.05, 4.69) is 15.6 Å². The number of carbonyl (C=O) groups is 1. The Kier molecular flexibility index (Phi) is 9.08. The second-order valence-electron chi connectivity index (χ2n) is 5.88. The SMILES string of the molecule is CNCCNC(=O)c1cccc(OCc2cn3cc(C)ccc3n2)c1.Cl.Cl. The van der Waals surface area contributed by atoms with E-state index in [0.717, 1.165) is 17.9 Å². The minimum atomic E-state index is -0.107. The maximum Gasteiger partial charge on any atom is 0.251 e. The maximum absolute atomic E-state index is 12.1. The number of pyridine rings is 1. The van der Waals surface area contributed by atoms with Gasteiger partial charge in [0, 0.05) is 31.0 Å². The van der Waals surface area contributed by atoms with Crippen LogP contribution in [0.4, 0.5) is 0 Å². The Morgan fingerprint density at radius 1 is 1.15 bits per heavy atom. The van der Waals surface area contributed by atoms with Crippen molar-refractivity contribution in [1.29, 1.82) is 0 Å². The topological polar surface area (TPSA) is 67.7 Å². The van der Waals surface area contributed by atoms with Crippen LogP contribution < -0.4 is 15.4 Å². The van der Waals surface area contributed by atoms with E-state index in [1.54, 1.807) is 12.1 Å². The molecule has 1 aromatic carbocycles. The van der Waals surface area contributed by atoms with E-state index in [4.69, 9.17) is 4.74 Å². The molecular weight excluding hydrogens is 387 g/mol. The number of aromatic nitrogens is 2. The average Bonchev–Trinajstić information content (AvgIpc) is 3.02. The molecule has 0 atom stereocenters. The predicted octanol–water partition coefficient (Wildman–Crippen LogP) is 3.01. The minimum absolute atomic E-state index is 0. The number of aryl methyl sites for hydroxylation is 1. The third-order valence-electron chi connectivity index (χ3n) is 3.79. The smallest absolute Gasteiger partial charge is 0.251 e. The molecule has 0 aliphatic carbocycles. The van der Waals surface area contributed by atoms with Crippen LogP contribution in [0.1, 0.15) is 21.6 Å². The van der Waals surface area contributed by atoms with Crippen LogP contribution in [0, 0.1) is 6.92 Å². The molecule has 0 saturated heterocycles. The van der Waals surface area contributed by atoms with E-state index in [1.807, 2.05) is 55.0 Å². The summed E-state index contributed by atoms with van der Waals surface area (Å²) in [4.78, 5) is 16.6. The van der Waals surface area contributed by atoms with Crippen LogP contribution in [0.3, 0.4) is 0 Å². The highest BCUT2D eigenvalue weighted by atomic mass is 35.5. The highest BCUT2D eigenvalue weighted by molar-refractivity contribution is 5.94. The number of imidazole rings is 1. The molecule has 0 spiro atoms. The highest BCUT2D eigenvalue weighted by Gasteiger charge is 2.07. The number of ether oxygens (including phenoxy) is 1. The average molecular weight is 411 g/mol. The molecule has 0 aliphatic rings. The van der Waals surface area contributed by atoms with Gasteiger partial charge in [-0.2, -0.15) is 0 Å². The monoisotopic (exact) mass is 410 g/mol. The van der Waals surface area contributed by atoms with Gasteiger partial charge in [-0.15, -0.1) is 24.8 Å². The van der Waals surface area contributed by atoms with Crippen molar-refractivity contribution < 1.29 is 9.53 Å². The number of benzene rings is 1. The molecule has 8 heteroatoms. The van der Waals surface area contributed by atoms with Crippen LogP contribution in [-0.2, 0) is 6.61 Å². The summed E-state index contributed by atoms with van der Waals surface area (Å²) in [5.41, 5.74) is 3.49. The van der Waals surface area contributed by atoms with E-state index in [0.29, 0.717) is 24.5 Å². The van der Waals surface area contributed by atoms with Crippen LogP contribution >= 0.6 is 24.8 Å². The quantitative estimate of drug-likeness (QED) is 0.587. The van der Waals surface area contributed by atoms with Crippen LogP contribution in [0.25, 0.3) is 5.65 Å². The summed E-state index contributed by atoms with van der Waals surface area (Å²) in [5, 5.41) is 5.84. The van der Waals surface area contributed by atoms with Gasteiger partial charge in [0.2, 0.25) is 0 Å². The summed E-state index contributed by atoms with van der Waals surface area (Å²) >= 11 is 0. The van der Waals surface area contributed by atoms with Crippen molar-refractivity contribution in [2.45, 2.75) is 13.5 Å². The fraction of sp³-hybridized carbons (Fsp3) is 0.263. The van der Waals surface area contributed by atoms with Gasteiger partial charge in [-0.25, -0.2) is 4.98 Å². The van der Waals surface area contributed by atoms with Crippen LogP contribution in [-0.4, -0.2) is 35.4 Å². The summed E-state index contributed by atoms with van der Waals surface area (Å²) < 4.78 is 7.79. The normalized spacial score (nSPS) is 10.0. The maximum atomic E-state index is 12.1. The minimum Gasteiger partial charge on any atom is -0.487 e. The van der Waals surface area contributed by atoms with E-state index in [1.165, 1.54) is 5.56 Å². The largest absolute Gasteiger partial charge is 0.487 e. The molecule has 0 radical (unpaired) electrons. The Balaban J connectivity index is 0.00000182. The van der Waals surface area contributed by atoms with Crippen molar-refractivity contribution in [2.24, 2.45) is 0 Å². The van der Waals surface area contributed by atoms with Crippen LogP contribution in [0.2, 0.25) is 0 Å². The van der Waals surface area contributed by atoms with E-state index < -0.39 is 0 Å². The van der Waals surface area contributed by atoms with Gasteiger partial charge in [0.15, 0.2) is 0 Å². The molecule has 0 aliphatic heterocycles. The van der Waals surface area contributed by atoms with E-state index in [9.17, 15) is 4.79 Å². The Bertz CT molecular complexity index is 883. The molecule has 2 aromatic heterocycles. The molecule has 6 nitrogen and oxygen atoms in total. The van der Waals surface area contributed by atoms with Crippen LogP contribution in [0.15, 0.2) is 48.8 Å². The molecule has 146 valence electrons. The fourth-order valence-electron chi connectivity index (χ4n) is 2.51. The summed E-state index contributed by atoms with van der Waals surface area (Å²) in [5.74, 6) is 0.540. The second-order valence-corrected chi connectivity index (χ2v) is 5.88. The lowest BCUT2D eigenvalue weighted by atomic mass is 10.2. The third-order valence-corrected chi connectivity index (χ3v) is 3.79. The van der Waals surface area contributed by atoms with Gasteiger partial charge in [-0.1, -0.05) is 12.1 Å². The summed E-state index contributed by atoms with van der Waals surface area (Å²) in [6.07, 6.45) is 3.98. The number of likely N-dealkylation sites (N-methyl/N-ethyl adjacent to an activating group) is 1. The van der Waals surface area contributed by atoms with Crippen molar-refractivity contribution in [3.63, 3.8) is 0 Å². The van der Waals surface area contributed by atoms with Crippen molar-refractivity contribution in [2.75, 3.05) is 20.1 Å². The number of nitrogens with one attached hydrogen (secondary N) is 2. The number of nitrogens with zero attached hydrogens (tertiary/aromatic N) is 2. The van der Waals surface area contributed by atoms with Gasteiger partial charge in [0.25, 0.3) is 5.91 Å². The van der Waals surface area contributed by atoms with Gasteiger partial charge in [-0.3, -0.25) is 4.79 Å².